The van der Waals surface area contributed by atoms with Gasteiger partial charge in [0.05, 0.1) is 11.6 Å². The number of benzene rings is 3. The van der Waals surface area contributed by atoms with Crippen LogP contribution in [0.15, 0.2) is 84.9 Å². The Hall–Kier alpha value is -3.21. The van der Waals surface area contributed by atoms with Gasteiger partial charge in [0, 0.05) is 44.2 Å². The quantitative estimate of drug-likeness (QED) is 0.423. The summed E-state index contributed by atoms with van der Waals surface area (Å²) in [6.45, 7) is 5.87. The van der Waals surface area contributed by atoms with Crippen molar-refractivity contribution in [1.82, 2.24) is 14.8 Å². The van der Waals surface area contributed by atoms with Crippen molar-refractivity contribution in [3.8, 4) is 5.88 Å². The van der Waals surface area contributed by atoms with Crippen molar-refractivity contribution < 1.29 is 4.74 Å². The molecule has 2 aliphatic rings. The predicted molar refractivity (Wildman–Crippen MR) is 137 cm³/mol. The molecule has 4 heteroatoms. The Labute approximate surface area is 201 Å². The minimum Gasteiger partial charge on any atom is -0.476 e. The SMILES string of the molecule is c1ccc2c(c1)CCc1ccccc1C2N1CCN(CCOc2ccc3ccccc3n2)CC1. The van der Waals surface area contributed by atoms with Gasteiger partial charge in [0.2, 0.25) is 5.88 Å². The van der Waals surface area contributed by atoms with Gasteiger partial charge in [-0.1, -0.05) is 66.7 Å². The molecular formula is C30H31N3O. The van der Waals surface area contributed by atoms with Crippen LogP contribution in [0.25, 0.3) is 10.9 Å². The number of ether oxygens (including phenoxy) is 1. The first-order valence-corrected chi connectivity index (χ1v) is 12.5. The third-order valence-electron chi connectivity index (χ3n) is 7.37. The normalized spacial score (nSPS) is 17.2. The monoisotopic (exact) mass is 449 g/mol. The van der Waals surface area contributed by atoms with Gasteiger partial charge in [0.1, 0.15) is 6.61 Å². The van der Waals surface area contributed by atoms with Gasteiger partial charge in [0.15, 0.2) is 0 Å². The third kappa shape index (κ3) is 4.31. The summed E-state index contributed by atoms with van der Waals surface area (Å²) < 4.78 is 6.00. The van der Waals surface area contributed by atoms with Gasteiger partial charge in [-0.25, -0.2) is 4.98 Å². The van der Waals surface area contributed by atoms with Crippen molar-refractivity contribution >= 4 is 10.9 Å². The van der Waals surface area contributed by atoms with Crippen molar-refractivity contribution in [2.24, 2.45) is 0 Å². The first-order chi connectivity index (χ1) is 16.8. The van der Waals surface area contributed by atoms with Gasteiger partial charge in [-0.3, -0.25) is 9.80 Å². The molecule has 0 atom stereocenters. The summed E-state index contributed by atoms with van der Waals surface area (Å²) >= 11 is 0. The fourth-order valence-corrected chi connectivity index (χ4v) is 5.54. The van der Waals surface area contributed by atoms with Gasteiger partial charge < -0.3 is 4.74 Å². The van der Waals surface area contributed by atoms with Gasteiger partial charge >= 0.3 is 0 Å². The second-order valence-corrected chi connectivity index (χ2v) is 9.37. The molecule has 6 rings (SSSR count). The van der Waals surface area contributed by atoms with Crippen molar-refractivity contribution in [2.45, 2.75) is 18.9 Å². The summed E-state index contributed by atoms with van der Waals surface area (Å²) in [6.07, 6.45) is 2.26. The molecule has 0 amide bonds. The summed E-state index contributed by atoms with van der Waals surface area (Å²) in [5.41, 5.74) is 6.97. The van der Waals surface area contributed by atoms with Crippen molar-refractivity contribution in [1.29, 1.82) is 0 Å². The number of fused-ring (bicyclic) bond motifs is 3. The lowest BCUT2D eigenvalue weighted by Gasteiger charge is -2.40. The Morgan fingerprint density at radius 3 is 2.09 bits per heavy atom. The summed E-state index contributed by atoms with van der Waals surface area (Å²) in [6, 6.07) is 30.7. The lowest BCUT2D eigenvalue weighted by atomic mass is 9.93. The lowest BCUT2D eigenvalue weighted by molar-refractivity contribution is 0.0970. The van der Waals surface area contributed by atoms with E-state index < -0.39 is 0 Å². The summed E-state index contributed by atoms with van der Waals surface area (Å²) in [5, 5.41) is 1.15. The molecular weight excluding hydrogens is 418 g/mol. The fraction of sp³-hybridized carbons (Fsp3) is 0.300. The van der Waals surface area contributed by atoms with Gasteiger partial charge in [-0.05, 0) is 47.2 Å². The third-order valence-corrected chi connectivity index (χ3v) is 7.37. The minimum atomic E-state index is 0.357. The van der Waals surface area contributed by atoms with Crippen LogP contribution in [0.5, 0.6) is 5.88 Å². The molecule has 1 aliphatic heterocycles. The van der Waals surface area contributed by atoms with Crippen molar-refractivity contribution in [3.63, 3.8) is 0 Å². The zero-order chi connectivity index (χ0) is 22.7. The maximum Gasteiger partial charge on any atom is 0.213 e. The van der Waals surface area contributed by atoms with Crippen molar-refractivity contribution in [3.05, 3.63) is 107 Å². The summed E-state index contributed by atoms with van der Waals surface area (Å²) in [4.78, 5) is 9.84. The van der Waals surface area contributed by atoms with Crippen LogP contribution in [0.2, 0.25) is 0 Å². The van der Waals surface area contributed by atoms with Crippen LogP contribution in [0, 0.1) is 0 Å². The van der Waals surface area contributed by atoms with E-state index in [-0.39, 0.29) is 0 Å². The highest BCUT2D eigenvalue weighted by Gasteiger charge is 2.30. The van der Waals surface area contributed by atoms with Crippen LogP contribution >= 0.6 is 0 Å². The number of hydrogen-bond acceptors (Lipinski definition) is 4. The van der Waals surface area contributed by atoms with E-state index >= 15 is 0 Å². The number of piperazine rings is 1. The number of nitrogens with zero attached hydrogens (tertiary/aromatic N) is 3. The van der Waals surface area contributed by atoms with Gasteiger partial charge in [0.25, 0.3) is 0 Å². The van der Waals surface area contributed by atoms with Crippen LogP contribution in [-0.2, 0) is 12.8 Å². The van der Waals surface area contributed by atoms with E-state index in [1.807, 2.05) is 24.3 Å². The highest BCUT2D eigenvalue weighted by Crippen LogP contribution is 2.37. The Bertz CT molecular complexity index is 1230. The molecule has 172 valence electrons. The fourth-order valence-electron chi connectivity index (χ4n) is 5.54. The Morgan fingerprint density at radius 1 is 0.706 bits per heavy atom. The van der Waals surface area contributed by atoms with Crippen LogP contribution in [0.4, 0.5) is 0 Å². The molecule has 34 heavy (non-hydrogen) atoms. The lowest BCUT2D eigenvalue weighted by Crippen LogP contribution is -2.48. The highest BCUT2D eigenvalue weighted by molar-refractivity contribution is 5.78. The zero-order valence-corrected chi connectivity index (χ0v) is 19.6. The number of para-hydroxylation sites is 1. The molecule has 2 heterocycles. The van der Waals surface area contributed by atoms with Crippen LogP contribution < -0.4 is 4.74 Å². The number of hydrogen-bond donors (Lipinski definition) is 0. The molecule has 4 nitrogen and oxygen atoms in total. The standard InChI is InChI=1S/C30H31N3O/c1-4-10-26-23(7-1)13-14-24-8-2-5-11-27(24)30(26)33-19-17-32(18-20-33)21-22-34-29-16-15-25-9-3-6-12-28(25)31-29/h1-12,15-16,30H,13-14,17-22H2. The van der Waals surface area contributed by atoms with E-state index in [0.717, 1.165) is 56.5 Å². The van der Waals surface area contributed by atoms with Crippen molar-refractivity contribution in [2.75, 3.05) is 39.3 Å². The maximum absolute atomic E-state index is 6.00. The number of aromatic nitrogens is 1. The highest BCUT2D eigenvalue weighted by atomic mass is 16.5. The molecule has 3 aromatic carbocycles. The Kier molecular flexibility index (Phi) is 6.01. The topological polar surface area (TPSA) is 28.6 Å². The minimum absolute atomic E-state index is 0.357. The maximum atomic E-state index is 6.00. The number of pyridine rings is 1. The van der Waals surface area contributed by atoms with Crippen LogP contribution in [-0.4, -0.2) is 54.1 Å². The van der Waals surface area contributed by atoms with E-state index in [0.29, 0.717) is 18.5 Å². The second kappa shape index (κ2) is 9.57. The Balaban J connectivity index is 1.10. The van der Waals surface area contributed by atoms with E-state index in [2.05, 4.69) is 75.4 Å². The van der Waals surface area contributed by atoms with Gasteiger partial charge in [-0.15, -0.1) is 0 Å². The zero-order valence-electron chi connectivity index (χ0n) is 19.6. The first kappa shape index (κ1) is 21.3. The molecule has 1 aromatic heterocycles. The summed E-state index contributed by atoms with van der Waals surface area (Å²) in [7, 11) is 0. The Morgan fingerprint density at radius 2 is 1.35 bits per heavy atom. The summed E-state index contributed by atoms with van der Waals surface area (Å²) in [5.74, 6) is 0.712. The average Bonchev–Trinajstić information content (AvgIpc) is 3.06. The molecule has 0 bridgehead atoms. The molecule has 1 saturated heterocycles. The average molecular weight is 450 g/mol. The molecule has 1 aliphatic carbocycles. The molecule has 0 spiro atoms. The molecule has 0 radical (unpaired) electrons. The number of aryl methyl sites for hydroxylation is 2. The van der Waals surface area contributed by atoms with Gasteiger partial charge in [-0.2, -0.15) is 0 Å². The molecule has 4 aromatic rings. The molecule has 0 saturated carbocycles. The molecule has 0 N–H and O–H groups in total. The van der Waals surface area contributed by atoms with E-state index in [1.54, 1.807) is 0 Å². The number of rotatable bonds is 5. The largest absolute Gasteiger partial charge is 0.476 e. The van der Waals surface area contributed by atoms with Crippen LogP contribution in [0.3, 0.4) is 0 Å². The van der Waals surface area contributed by atoms with E-state index in [9.17, 15) is 0 Å². The molecule has 1 fully saturated rings. The van der Waals surface area contributed by atoms with E-state index in [4.69, 9.17) is 4.74 Å². The first-order valence-electron chi connectivity index (χ1n) is 12.5. The smallest absolute Gasteiger partial charge is 0.213 e. The second-order valence-electron chi connectivity index (χ2n) is 9.37. The molecule has 0 unspecified atom stereocenters. The predicted octanol–water partition coefficient (Wildman–Crippen LogP) is 5.12. The van der Waals surface area contributed by atoms with Crippen LogP contribution in [0.1, 0.15) is 28.3 Å². The van der Waals surface area contributed by atoms with E-state index in [1.165, 1.54) is 22.3 Å².